The van der Waals surface area contributed by atoms with Crippen LogP contribution in [0.25, 0.3) is 0 Å². The molecule has 0 bridgehead atoms. The first-order chi connectivity index (χ1) is 45.7. The van der Waals surface area contributed by atoms with Gasteiger partial charge < -0.3 is 33.8 Å². The molecule has 558 valence electrons. The van der Waals surface area contributed by atoms with Gasteiger partial charge in [0, 0.05) is 25.7 Å². The molecule has 0 aromatic carbocycles. The number of hydrogen-bond acceptors (Lipinski definition) is 15. The zero-order valence-electron chi connectivity index (χ0n) is 60.9. The molecule has 5 atom stereocenters. The molecule has 3 N–H and O–H groups in total. The second-order valence-corrected chi connectivity index (χ2v) is 29.9. The Morgan fingerprint density at radius 3 is 0.628 bits per heavy atom. The fourth-order valence-corrected chi connectivity index (χ4v) is 13.2. The highest BCUT2D eigenvalue weighted by Crippen LogP contribution is 2.45. The standard InChI is InChI=1S/C75H146O17P2/c1-5-9-13-17-21-25-28-31-33-34-35-36-38-40-43-46-50-54-58-62-75(80)92-71(66-86-73(78)60-56-52-48-44-42-39-37-32-29-26-22-18-14-10-6-2)68-90-94(83,84)88-64-69(76)63-87-93(81,82)89-67-70(65-85-72(77)59-55-51-47-24-20-16-12-8-4)91-74(79)61-57-53-49-45-41-30-27-23-19-15-11-7-3/h69-71,76H,5-68H2,1-4H3,(H,81,82)(H,83,84)/t69-,70+,71+/m0/s1. The molecule has 0 aliphatic rings. The van der Waals surface area contributed by atoms with Gasteiger partial charge in [0.15, 0.2) is 12.2 Å². The van der Waals surface area contributed by atoms with Gasteiger partial charge in [0.05, 0.1) is 26.4 Å². The van der Waals surface area contributed by atoms with E-state index < -0.39 is 97.5 Å². The van der Waals surface area contributed by atoms with E-state index in [1.165, 1.54) is 231 Å². The number of esters is 4. The van der Waals surface area contributed by atoms with Crippen LogP contribution in [0.4, 0.5) is 0 Å². The molecule has 0 aliphatic carbocycles. The van der Waals surface area contributed by atoms with Crippen LogP contribution in [0.3, 0.4) is 0 Å². The predicted molar refractivity (Wildman–Crippen MR) is 382 cm³/mol. The van der Waals surface area contributed by atoms with Crippen LogP contribution in [-0.2, 0) is 65.4 Å². The van der Waals surface area contributed by atoms with Gasteiger partial charge in [-0.15, -0.1) is 0 Å². The number of phosphoric acid groups is 2. The van der Waals surface area contributed by atoms with Gasteiger partial charge in [-0.1, -0.05) is 349 Å². The summed E-state index contributed by atoms with van der Waals surface area (Å²) in [4.78, 5) is 72.7. The maximum atomic E-state index is 13.1. The molecule has 0 fully saturated rings. The van der Waals surface area contributed by atoms with Crippen molar-refractivity contribution in [1.29, 1.82) is 0 Å². The first kappa shape index (κ1) is 92.1. The molecule has 19 heteroatoms. The Bertz CT molecular complexity index is 1790. The van der Waals surface area contributed by atoms with Crippen LogP contribution >= 0.6 is 15.6 Å². The van der Waals surface area contributed by atoms with E-state index in [1.807, 2.05) is 0 Å². The molecule has 0 rings (SSSR count). The normalized spacial score (nSPS) is 13.9. The van der Waals surface area contributed by atoms with Gasteiger partial charge in [-0.05, 0) is 25.7 Å². The van der Waals surface area contributed by atoms with Crippen molar-refractivity contribution in [3.05, 3.63) is 0 Å². The van der Waals surface area contributed by atoms with E-state index in [9.17, 15) is 43.2 Å². The number of phosphoric ester groups is 2. The zero-order chi connectivity index (χ0) is 69.0. The molecule has 0 spiro atoms. The van der Waals surface area contributed by atoms with Gasteiger partial charge in [-0.25, -0.2) is 9.13 Å². The Labute approximate surface area is 575 Å². The third kappa shape index (κ3) is 68.6. The van der Waals surface area contributed by atoms with Gasteiger partial charge >= 0.3 is 39.5 Å². The van der Waals surface area contributed by atoms with Crippen molar-refractivity contribution in [3.8, 4) is 0 Å². The highest BCUT2D eigenvalue weighted by molar-refractivity contribution is 7.47. The number of ether oxygens (including phenoxy) is 4. The predicted octanol–water partition coefficient (Wildman–Crippen LogP) is 22.2. The molecular formula is C75H146O17P2. The summed E-state index contributed by atoms with van der Waals surface area (Å²) in [5, 5.41) is 10.6. The van der Waals surface area contributed by atoms with Gasteiger partial charge in [0.2, 0.25) is 0 Å². The number of carbonyl (C=O) groups is 4. The molecule has 0 aliphatic heterocycles. The lowest BCUT2D eigenvalue weighted by Gasteiger charge is -2.21. The van der Waals surface area contributed by atoms with E-state index in [0.29, 0.717) is 25.7 Å². The molecule has 0 heterocycles. The lowest BCUT2D eigenvalue weighted by molar-refractivity contribution is -0.161. The van der Waals surface area contributed by atoms with Crippen molar-refractivity contribution >= 4 is 39.5 Å². The first-order valence-electron chi connectivity index (χ1n) is 39.3. The van der Waals surface area contributed by atoms with Gasteiger partial charge in [0.1, 0.15) is 19.3 Å². The summed E-state index contributed by atoms with van der Waals surface area (Å²) in [5.41, 5.74) is 0. The Balaban J connectivity index is 5.20. The molecule has 0 radical (unpaired) electrons. The average Bonchev–Trinajstić information content (AvgIpc) is 3.00. The van der Waals surface area contributed by atoms with E-state index in [4.69, 9.17) is 37.0 Å². The van der Waals surface area contributed by atoms with Crippen LogP contribution in [0, 0.1) is 0 Å². The second kappa shape index (κ2) is 69.5. The highest BCUT2D eigenvalue weighted by Gasteiger charge is 2.30. The number of aliphatic hydroxyl groups is 1. The molecule has 0 aromatic rings. The Morgan fingerprint density at radius 2 is 0.426 bits per heavy atom. The van der Waals surface area contributed by atoms with E-state index in [-0.39, 0.29) is 25.7 Å². The van der Waals surface area contributed by atoms with Crippen LogP contribution in [0.15, 0.2) is 0 Å². The van der Waals surface area contributed by atoms with Crippen molar-refractivity contribution < 1.29 is 80.2 Å². The van der Waals surface area contributed by atoms with Gasteiger partial charge in [-0.2, -0.15) is 0 Å². The van der Waals surface area contributed by atoms with Crippen molar-refractivity contribution in [2.24, 2.45) is 0 Å². The fourth-order valence-electron chi connectivity index (χ4n) is 11.6. The minimum absolute atomic E-state index is 0.108. The third-order valence-electron chi connectivity index (χ3n) is 17.6. The number of unbranched alkanes of at least 4 members (excludes halogenated alkanes) is 50. The van der Waals surface area contributed by atoms with Crippen LogP contribution in [0.2, 0.25) is 0 Å². The highest BCUT2D eigenvalue weighted by atomic mass is 31.2. The first-order valence-corrected chi connectivity index (χ1v) is 42.3. The van der Waals surface area contributed by atoms with Crippen LogP contribution in [0.1, 0.15) is 400 Å². The summed E-state index contributed by atoms with van der Waals surface area (Å²) in [6.45, 7) is 4.96. The molecule has 0 aromatic heterocycles. The summed E-state index contributed by atoms with van der Waals surface area (Å²) < 4.78 is 68.4. The van der Waals surface area contributed by atoms with Crippen molar-refractivity contribution in [1.82, 2.24) is 0 Å². The number of hydrogen-bond donors (Lipinski definition) is 3. The smallest absolute Gasteiger partial charge is 0.462 e. The molecule has 0 amide bonds. The minimum atomic E-state index is -4.95. The number of aliphatic hydroxyl groups excluding tert-OH is 1. The zero-order valence-corrected chi connectivity index (χ0v) is 62.7. The third-order valence-corrected chi connectivity index (χ3v) is 19.5. The summed E-state index contributed by atoms with van der Waals surface area (Å²) >= 11 is 0. The molecule has 2 unspecified atom stereocenters. The minimum Gasteiger partial charge on any atom is -0.462 e. The summed E-state index contributed by atoms with van der Waals surface area (Å²) in [6, 6.07) is 0. The van der Waals surface area contributed by atoms with Crippen LogP contribution < -0.4 is 0 Å². The van der Waals surface area contributed by atoms with Gasteiger partial charge in [0.25, 0.3) is 0 Å². The summed E-state index contributed by atoms with van der Waals surface area (Å²) in [5.74, 6) is -2.11. The van der Waals surface area contributed by atoms with E-state index in [0.717, 1.165) is 89.9 Å². The molecule has 94 heavy (non-hydrogen) atoms. The maximum absolute atomic E-state index is 13.1. The quantitative estimate of drug-likeness (QED) is 0.0222. The summed E-state index contributed by atoms with van der Waals surface area (Å²) in [6.07, 6.45) is 59.6. The van der Waals surface area contributed by atoms with Crippen molar-refractivity contribution in [2.75, 3.05) is 39.6 Å². The summed E-state index contributed by atoms with van der Waals surface area (Å²) in [7, 11) is -9.90. The number of carbonyl (C=O) groups excluding carboxylic acids is 4. The Kier molecular flexibility index (Phi) is 68.1. The lowest BCUT2D eigenvalue weighted by Crippen LogP contribution is -2.30. The Morgan fingerprint density at radius 1 is 0.255 bits per heavy atom. The average molecular weight is 1380 g/mol. The van der Waals surface area contributed by atoms with Crippen molar-refractivity contribution in [3.63, 3.8) is 0 Å². The molecule has 0 saturated carbocycles. The SMILES string of the molecule is CCCCCCCCCCCCCCCCCCCCCC(=O)O[C@H](COC(=O)CCCCCCCCCCCCCCCCC)COP(=O)(O)OC[C@@H](O)COP(=O)(O)OC[C@@H](COC(=O)CCCCCCCCCC)OC(=O)CCCCCCCCCCCCCC. The topological polar surface area (TPSA) is 237 Å². The largest absolute Gasteiger partial charge is 0.472 e. The molecular weight excluding hydrogens is 1230 g/mol. The Hall–Kier alpha value is -1.94. The molecule has 17 nitrogen and oxygen atoms in total. The van der Waals surface area contributed by atoms with Gasteiger partial charge in [-0.3, -0.25) is 37.3 Å². The number of rotatable bonds is 76. The fraction of sp³-hybridized carbons (Fsp3) is 0.947. The van der Waals surface area contributed by atoms with E-state index in [2.05, 4.69) is 27.7 Å². The van der Waals surface area contributed by atoms with E-state index >= 15 is 0 Å². The monoisotopic (exact) mass is 1380 g/mol. The molecule has 0 saturated heterocycles. The van der Waals surface area contributed by atoms with Crippen molar-refractivity contribution in [2.45, 2.75) is 418 Å². The van der Waals surface area contributed by atoms with E-state index in [1.54, 1.807) is 0 Å². The van der Waals surface area contributed by atoms with Crippen LogP contribution in [-0.4, -0.2) is 96.7 Å². The maximum Gasteiger partial charge on any atom is 0.472 e. The second-order valence-electron chi connectivity index (χ2n) is 27.0. The van der Waals surface area contributed by atoms with Crippen LogP contribution in [0.5, 0.6) is 0 Å². The lowest BCUT2D eigenvalue weighted by atomic mass is 10.0.